The first-order chi connectivity index (χ1) is 10.3. The fourth-order valence-electron chi connectivity index (χ4n) is 2.67. The summed E-state index contributed by atoms with van der Waals surface area (Å²) in [4.78, 5) is 2.33. The van der Waals surface area contributed by atoms with Gasteiger partial charge in [-0.05, 0) is 49.1 Å². The Bertz CT molecular complexity index is 586. The number of anilines is 2. The van der Waals surface area contributed by atoms with Crippen LogP contribution in [0.2, 0.25) is 0 Å². The van der Waals surface area contributed by atoms with Crippen molar-refractivity contribution in [1.82, 2.24) is 0 Å². The van der Waals surface area contributed by atoms with Crippen molar-refractivity contribution < 1.29 is 0 Å². The molecule has 0 spiro atoms. The lowest BCUT2D eigenvalue weighted by molar-refractivity contribution is 0.606. The molecule has 0 saturated carbocycles. The first-order valence-electron chi connectivity index (χ1n) is 7.61. The van der Waals surface area contributed by atoms with Gasteiger partial charge in [-0.3, -0.25) is 0 Å². The van der Waals surface area contributed by atoms with Crippen LogP contribution < -0.4 is 4.90 Å². The van der Waals surface area contributed by atoms with E-state index < -0.39 is 0 Å². The van der Waals surface area contributed by atoms with Gasteiger partial charge in [-0.2, -0.15) is 0 Å². The van der Waals surface area contributed by atoms with E-state index >= 15 is 0 Å². The third-order valence-electron chi connectivity index (χ3n) is 3.84. The zero-order valence-electron chi connectivity index (χ0n) is 12.4. The molecule has 0 saturated heterocycles. The van der Waals surface area contributed by atoms with Gasteiger partial charge in [0.1, 0.15) is 0 Å². The van der Waals surface area contributed by atoms with E-state index in [1.54, 1.807) is 0 Å². The van der Waals surface area contributed by atoms with Crippen LogP contribution in [0.1, 0.15) is 19.8 Å². The molecular formula is C20H21N. The van der Waals surface area contributed by atoms with Gasteiger partial charge in [0, 0.05) is 17.1 Å². The summed E-state index contributed by atoms with van der Waals surface area (Å²) in [5.74, 6) is 0.715. The van der Waals surface area contributed by atoms with Crippen LogP contribution in [0.4, 0.5) is 11.4 Å². The second-order valence-corrected chi connectivity index (χ2v) is 5.61. The molecule has 1 aliphatic rings. The maximum absolute atomic E-state index is 2.36. The van der Waals surface area contributed by atoms with E-state index in [0.29, 0.717) is 5.92 Å². The number of nitrogens with zero attached hydrogens (tertiary/aromatic N) is 1. The highest BCUT2D eigenvalue weighted by molar-refractivity contribution is 5.69. The second kappa shape index (κ2) is 6.45. The number of allylic oxidation sites excluding steroid dienone is 3. The van der Waals surface area contributed by atoms with Gasteiger partial charge in [0.15, 0.2) is 0 Å². The summed E-state index contributed by atoms with van der Waals surface area (Å²) in [6, 6.07) is 21.1. The van der Waals surface area contributed by atoms with E-state index in [0.717, 1.165) is 12.8 Å². The zero-order valence-corrected chi connectivity index (χ0v) is 12.4. The standard InChI is InChI=1S/C20H21N/c1-17-9-8-14-20(16-15-17)21(18-10-4-2-5-11-18)19-12-6-3-7-13-19/h2-8,10-14,16-17H,9,15H2,1H3/t17-/m0/s1. The number of hydrogen-bond acceptors (Lipinski definition) is 1. The van der Waals surface area contributed by atoms with E-state index in [4.69, 9.17) is 0 Å². The molecule has 2 aromatic rings. The average molecular weight is 275 g/mol. The Morgan fingerprint density at radius 2 is 1.38 bits per heavy atom. The van der Waals surface area contributed by atoms with Crippen molar-refractivity contribution in [2.75, 3.05) is 4.90 Å². The lowest BCUT2D eigenvalue weighted by Gasteiger charge is -2.26. The van der Waals surface area contributed by atoms with Gasteiger partial charge in [0.2, 0.25) is 0 Å². The summed E-state index contributed by atoms with van der Waals surface area (Å²) in [7, 11) is 0. The number of benzene rings is 2. The third-order valence-corrected chi connectivity index (χ3v) is 3.84. The molecule has 0 heterocycles. The van der Waals surface area contributed by atoms with Crippen LogP contribution in [-0.4, -0.2) is 0 Å². The normalized spacial score (nSPS) is 18.0. The molecule has 0 fully saturated rings. The van der Waals surface area contributed by atoms with Gasteiger partial charge in [-0.1, -0.05) is 55.5 Å². The Hall–Kier alpha value is -2.28. The molecule has 3 rings (SSSR count). The van der Waals surface area contributed by atoms with E-state index in [-0.39, 0.29) is 0 Å². The van der Waals surface area contributed by atoms with Gasteiger partial charge >= 0.3 is 0 Å². The van der Waals surface area contributed by atoms with Crippen LogP contribution in [0.15, 0.2) is 84.6 Å². The van der Waals surface area contributed by atoms with Crippen LogP contribution in [0.25, 0.3) is 0 Å². The Morgan fingerprint density at radius 3 is 1.95 bits per heavy atom. The number of hydrogen-bond donors (Lipinski definition) is 0. The molecule has 0 aliphatic heterocycles. The maximum atomic E-state index is 2.36. The minimum atomic E-state index is 0.715. The van der Waals surface area contributed by atoms with Crippen molar-refractivity contribution >= 4 is 11.4 Å². The molecule has 0 aromatic heterocycles. The molecule has 0 radical (unpaired) electrons. The largest absolute Gasteiger partial charge is 0.311 e. The van der Waals surface area contributed by atoms with Crippen LogP contribution in [0.3, 0.4) is 0 Å². The molecule has 21 heavy (non-hydrogen) atoms. The molecule has 1 aliphatic carbocycles. The Balaban J connectivity index is 2.05. The van der Waals surface area contributed by atoms with Crippen LogP contribution in [0, 0.1) is 5.92 Å². The van der Waals surface area contributed by atoms with Crippen molar-refractivity contribution in [3.05, 3.63) is 84.6 Å². The lowest BCUT2D eigenvalue weighted by Crippen LogP contribution is -2.14. The maximum Gasteiger partial charge on any atom is 0.0461 e. The quantitative estimate of drug-likeness (QED) is 0.695. The molecule has 0 bridgehead atoms. The molecule has 0 amide bonds. The third kappa shape index (κ3) is 3.25. The molecule has 2 aromatic carbocycles. The second-order valence-electron chi connectivity index (χ2n) is 5.61. The predicted octanol–water partition coefficient (Wildman–Crippen LogP) is 5.69. The highest BCUT2D eigenvalue weighted by Gasteiger charge is 2.14. The van der Waals surface area contributed by atoms with Gasteiger partial charge in [0.25, 0.3) is 0 Å². The SMILES string of the molecule is C[C@H]1CC=CC(N(c2ccccc2)c2ccccc2)=CC1. The lowest BCUT2D eigenvalue weighted by atomic mass is 10.1. The molecule has 1 atom stereocenters. The Kier molecular flexibility index (Phi) is 4.20. The van der Waals surface area contributed by atoms with Crippen molar-refractivity contribution in [2.45, 2.75) is 19.8 Å². The van der Waals surface area contributed by atoms with Gasteiger partial charge in [0.05, 0.1) is 0 Å². The molecule has 1 heteroatoms. The van der Waals surface area contributed by atoms with Crippen LogP contribution >= 0.6 is 0 Å². The smallest absolute Gasteiger partial charge is 0.0461 e. The van der Waals surface area contributed by atoms with E-state index in [1.807, 2.05) is 0 Å². The Morgan fingerprint density at radius 1 is 0.810 bits per heavy atom. The van der Waals surface area contributed by atoms with Crippen molar-refractivity contribution in [1.29, 1.82) is 0 Å². The summed E-state index contributed by atoms with van der Waals surface area (Å²) in [5, 5.41) is 0. The summed E-state index contributed by atoms with van der Waals surface area (Å²) < 4.78 is 0. The highest BCUT2D eigenvalue weighted by Crippen LogP contribution is 2.31. The highest BCUT2D eigenvalue weighted by atomic mass is 15.1. The zero-order chi connectivity index (χ0) is 14.5. The van der Waals surface area contributed by atoms with E-state index in [9.17, 15) is 0 Å². The van der Waals surface area contributed by atoms with Crippen LogP contribution in [0.5, 0.6) is 0 Å². The predicted molar refractivity (Wildman–Crippen MR) is 90.6 cm³/mol. The Labute approximate surface area is 127 Å². The molecule has 0 N–H and O–H groups in total. The molecule has 0 unspecified atom stereocenters. The summed E-state index contributed by atoms with van der Waals surface area (Å²) >= 11 is 0. The van der Waals surface area contributed by atoms with E-state index in [1.165, 1.54) is 17.1 Å². The number of para-hydroxylation sites is 2. The monoisotopic (exact) mass is 275 g/mol. The summed E-state index contributed by atoms with van der Waals surface area (Å²) in [5.41, 5.74) is 3.67. The summed E-state index contributed by atoms with van der Waals surface area (Å²) in [6.07, 6.45) is 9.18. The minimum absolute atomic E-state index is 0.715. The fourth-order valence-corrected chi connectivity index (χ4v) is 2.67. The minimum Gasteiger partial charge on any atom is -0.311 e. The topological polar surface area (TPSA) is 3.24 Å². The molecule has 106 valence electrons. The first-order valence-corrected chi connectivity index (χ1v) is 7.61. The van der Waals surface area contributed by atoms with Crippen molar-refractivity contribution in [2.24, 2.45) is 5.92 Å². The van der Waals surface area contributed by atoms with Crippen molar-refractivity contribution in [3.8, 4) is 0 Å². The average Bonchev–Trinajstić information content (AvgIpc) is 2.75. The first kappa shape index (κ1) is 13.7. The number of rotatable bonds is 3. The van der Waals surface area contributed by atoms with Gasteiger partial charge in [-0.25, -0.2) is 0 Å². The fraction of sp³-hybridized carbons (Fsp3) is 0.200. The van der Waals surface area contributed by atoms with Crippen molar-refractivity contribution in [3.63, 3.8) is 0 Å². The van der Waals surface area contributed by atoms with Crippen LogP contribution in [-0.2, 0) is 0 Å². The van der Waals surface area contributed by atoms with Gasteiger partial charge in [-0.15, -0.1) is 0 Å². The van der Waals surface area contributed by atoms with Gasteiger partial charge < -0.3 is 4.90 Å². The molecular weight excluding hydrogens is 254 g/mol. The van der Waals surface area contributed by atoms with E-state index in [2.05, 4.69) is 90.7 Å². The summed E-state index contributed by atoms with van der Waals surface area (Å²) in [6.45, 7) is 2.30. The molecule has 1 nitrogen and oxygen atoms in total.